The van der Waals surface area contributed by atoms with Gasteiger partial charge in [0.1, 0.15) is 5.15 Å². The molecule has 0 radical (unpaired) electrons. The van der Waals surface area contributed by atoms with Crippen molar-refractivity contribution in [1.29, 1.82) is 0 Å². The van der Waals surface area contributed by atoms with E-state index >= 15 is 0 Å². The molecule has 0 bridgehead atoms. The number of nitrogens with one attached hydrogen (secondary N) is 1. The van der Waals surface area contributed by atoms with Crippen molar-refractivity contribution >= 4 is 34.3 Å². The number of rotatable bonds is 3. The lowest BCUT2D eigenvalue weighted by Crippen LogP contribution is -2.00. The molecule has 2 heterocycles. The first-order valence-corrected chi connectivity index (χ1v) is 6.10. The molecule has 0 spiro atoms. The molecule has 0 aliphatic rings. The van der Waals surface area contributed by atoms with E-state index in [9.17, 15) is 0 Å². The van der Waals surface area contributed by atoms with Gasteiger partial charge >= 0.3 is 0 Å². The van der Waals surface area contributed by atoms with Gasteiger partial charge in [-0.15, -0.1) is 11.3 Å². The van der Waals surface area contributed by atoms with Crippen LogP contribution in [0.3, 0.4) is 0 Å². The third-order valence-electron chi connectivity index (χ3n) is 2.25. The summed E-state index contributed by atoms with van der Waals surface area (Å²) in [6.07, 6.45) is 1.72. The number of nitrogens with two attached hydrogens (primary N) is 1. The van der Waals surface area contributed by atoms with E-state index in [-0.39, 0.29) is 0 Å². The van der Waals surface area contributed by atoms with Crippen molar-refractivity contribution in [2.45, 2.75) is 13.5 Å². The molecule has 2 aromatic rings. The maximum absolute atomic E-state index is 5.85. The number of pyridine rings is 1. The van der Waals surface area contributed by atoms with Gasteiger partial charge in [-0.2, -0.15) is 0 Å². The lowest BCUT2D eigenvalue weighted by atomic mass is 10.3. The van der Waals surface area contributed by atoms with Crippen molar-refractivity contribution in [2.24, 2.45) is 0 Å². The fourth-order valence-corrected chi connectivity index (χ4v) is 2.17. The van der Waals surface area contributed by atoms with Gasteiger partial charge in [-0.3, -0.25) is 0 Å². The largest absolute Gasteiger partial charge is 0.398 e. The minimum Gasteiger partial charge on any atom is -0.398 e. The van der Waals surface area contributed by atoms with Gasteiger partial charge in [0.15, 0.2) is 0 Å². The number of nitrogen functional groups attached to an aromatic ring is 1. The highest BCUT2D eigenvalue weighted by Gasteiger charge is 2.02. The summed E-state index contributed by atoms with van der Waals surface area (Å²) in [5.41, 5.74) is 8.54. The topological polar surface area (TPSA) is 50.9 Å². The van der Waals surface area contributed by atoms with Crippen LogP contribution in [-0.2, 0) is 6.54 Å². The third kappa shape index (κ3) is 2.46. The molecule has 0 aliphatic heterocycles. The van der Waals surface area contributed by atoms with Crippen LogP contribution in [0.5, 0.6) is 0 Å². The molecule has 16 heavy (non-hydrogen) atoms. The van der Waals surface area contributed by atoms with Gasteiger partial charge in [-0.25, -0.2) is 4.98 Å². The number of hydrogen-bond donors (Lipinski definition) is 2. The average Bonchev–Trinajstić information content (AvgIpc) is 2.66. The number of aromatic nitrogens is 1. The molecular formula is C11H12ClN3S. The molecule has 0 aliphatic carbocycles. The fourth-order valence-electron chi connectivity index (χ4n) is 1.33. The SMILES string of the molecule is Cc1cc(NCc2sccc2N)cnc1Cl. The normalized spacial score (nSPS) is 10.4. The summed E-state index contributed by atoms with van der Waals surface area (Å²) in [6, 6.07) is 3.88. The average molecular weight is 254 g/mol. The second-order valence-electron chi connectivity index (χ2n) is 3.48. The van der Waals surface area contributed by atoms with Gasteiger partial charge in [0.2, 0.25) is 0 Å². The van der Waals surface area contributed by atoms with E-state index in [1.54, 1.807) is 17.5 Å². The van der Waals surface area contributed by atoms with Crippen LogP contribution in [0.25, 0.3) is 0 Å². The van der Waals surface area contributed by atoms with Crippen molar-refractivity contribution in [3.8, 4) is 0 Å². The molecule has 0 saturated heterocycles. The number of anilines is 2. The van der Waals surface area contributed by atoms with Gasteiger partial charge in [-0.05, 0) is 30.0 Å². The second-order valence-corrected chi connectivity index (χ2v) is 4.84. The van der Waals surface area contributed by atoms with E-state index in [4.69, 9.17) is 17.3 Å². The molecule has 2 rings (SSSR count). The molecule has 2 aromatic heterocycles. The molecule has 0 fully saturated rings. The Bertz CT molecular complexity index is 496. The first-order valence-electron chi connectivity index (χ1n) is 4.84. The number of thiophene rings is 1. The predicted molar refractivity (Wildman–Crippen MR) is 70.0 cm³/mol. The van der Waals surface area contributed by atoms with Crippen LogP contribution in [0.1, 0.15) is 10.4 Å². The summed E-state index contributed by atoms with van der Waals surface area (Å²) < 4.78 is 0. The first-order chi connectivity index (χ1) is 7.66. The van der Waals surface area contributed by atoms with Crippen molar-refractivity contribution in [3.63, 3.8) is 0 Å². The maximum Gasteiger partial charge on any atom is 0.132 e. The Hall–Kier alpha value is -1.26. The third-order valence-corrected chi connectivity index (χ3v) is 3.58. The predicted octanol–water partition coefficient (Wildman–Crippen LogP) is 3.30. The summed E-state index contributed by atoms with van der Waals surface area (Å²) in [5.74, 6) is 0. The maximum atomic E-state index is 5.85. The molecule has 0 amide bonds. The van der Waals surface area contributed by atoms with Crippen LogP contribution in [-0.4, -0.2) is 4.98 Å². The molecule has 3 nitrogen and oxygen atoms in total. The molecular weight excluding hydrogens is 242 g/mol. The Morgan fingerprint density at radius 1 is 1.56 bits per heavy atom. The minimum absolute atomic E-state index is 0.543. The van der Waals surface area contributed by atoms with Gasteiger partial charge in [0.25, 0.3) is 0 Å². The first kappa shape index (κ1) is 11.2. The minimum atomic E-state index is 0.543. The van der Waals surface area contributed by atoms with Crippen molar-refractivity contribution < 1.29 is 0 Å². The lowest BCUT2D eigenvalue weighted by molar-refractivity contribution is 1.16. The number of aryl methyl sites for hydroxylation is 1. The van der Waals surface area contributed by atoms with Crippen molar-refractivity contribution in [2.75, 3.05) is 11.1 Å². The van der Waals surface area contributed by atoms with E-state index in [0.29, 0.717) is 11.7 Å². The molecule has 5 heteroatoms. The lowest BCUT2D eigenvalue weighted by Gasteiger charge is -2.06. The summed E-state index contributed by atoms with van der Waals surface area (Å²) in [6.45, 7) is 2.65. The van der Waals surface area contributed by atoms with Crippen molar-refractivity contribution in [3.05, 3.63) is 39.3 Å². The Balaban J connectivity index is 2.05. The Labute approximate surface area is 103 Å². The molecule has 84 valence electrons. The number of nitrogens with zero attached hydrogens (tertiary/aromatic N) is 1. The highest BCUT2D eigenvalue weighted by Crippen LogP contribution is 2.21. The second kappa shape index (κ2) is 4.72. The van der Waals surface area contributed by atoms with Crippen molar-refractivity contribution in [1.82, 2.24) is 4.98 Å². The molecule has 3 N–H and O–H groups in total. The van der Waals surface area contributed by atoms with E-state index in [1.807, 2.05) is 24.4 Å². The quantitative estimate of drug-likeness (QED) is 0.826. The van der Waals surface area contributed by atoms with E-state index in [1.165, 1.54) is 0 Å². The number of halogens is 1. The van der Waals surface area contributed by atoms with E-state index in [2.05, 4.69) is 10.3 Å². The summed E-state index contributed by atoms with van der Waals surface area (Å²) in [4.78, 5) is 5.21. The summed E-state index contributed by atoms with van der Waals surface area (Å²) >= 11 is 7.49. The highest BCUT2D eigenvalue weighted by atomic mass is 35.5. The van der Waals surface area contributed by atoms with Gasteiger partial charge in [-0.1, -0.05) is 11.6 Å². The van der Waals surface area contributed by atoms with E-state index in [0.717, 1.165) is 21.8 Å². The fraction of sp³-hybridized carbons (Fsp3) is 0.182. The zero-order valence-electron chi connectivity index (χ0n) is 8.83. The smallest absolute Gasteiger partial charge is 0.132 e. The monoisotopic (exact) mass is 253 g/mol. The van der Waals surface area contributed by atoms with Gasteiger partial charge in [0, 0.05) is 10.6 Å². The Morgan fingerprint density at radius 2 is 2.38 bits per heavy atom. The number of hydrogen-bond acceptors (Lipinski definition) is 4. The Morgan fingerprint density at radius 3 is 3.00 bits per heavy atom. The van der Waals surface area contributed by atoms with Gasteiger partial charge < -0.3 is 11.1 Å². The molecule has 0 unspecified atom stereocenters. The Kier molecular flexibility index (Phi) is 3.31. The van der Waals surface area contributed by atoms with Crippen LogP contribution in [0.15, 0.2) is 23.7 Å². The van der Waals surface area contributed by atoms with Gasteiger partial charge in [0.05, 0.1) is 18.4 Å². The standard InChI is InChI=1S/C11H12ClN3S/c1-7-4-8(5-15-11(7)12)14-6-10-9(13)2-3-16-10/h2-5,14H,6,13H2,1H3. The summed E-state index contributed by atoms with van der Waals surface area (Å²) in [7, 11) is 0. The van der Waals surface area contributed by atoms with Crippen LogP contribution >= 0.6 is 22.9 Å². The molecule has 0 saturated carbocycles. The van der Waals surface area contributed by atoms with Crippen LogP contribution in [0, 0.1) is 6.92 Å². The highest BCUT2D eigenvalue weighted by molar-refractivity contribution is 7.10. The van der Waals surface area contributed by atoms with Crippen LogP contribution in [0.4, 0.5) is 11.4 Å². The van der Waals surface area contributed by atoms with Crippen LogP contribution < -0.4 is 11.1 Å². The summed E-state index contributed by atoms with van der Waals surface area (Å²) in [5, 5.41) is 5.79. The zero-order valence-corrected chi connectivity index (χ0v) is 10.4. The molecule has 0 atom stereocenters. The van der Waals surface area contributed by atoms with Crippen LogP contribution in [0.2, 0.25) is 5.15 Å². The van der Waals surface area contributed by atoms with E-state index < -0.39 is 0 Å². The zero-order chi connectivity index (χ0) is 11.5. The molecule has 0 aromatic carbocycles.